The lowest BCUT2D eigenvalue weighted by atomic mass is 9.98. The Bertz CT molecular complexity index is 614. The number of benzene rings is 2. The van der Waals surface area contributed by atoms with Gasteiger partial charge in [-0.3, -0.25) is 0 Å². The van der Waals surface area contributed by atoms with Crippen molar-refractivity contribution >= 4 is 6.03 Å². The van der Waals surface area contributed by atoms with Crippen LogP contribution in [-0.4, -0.2) is 19.7 Å². The van der Waals surface area contributed by atoms with E-state index in [1.165, 1.54) is 5.56 Å². The summed E-state index contributed by atoms with van der Waals surface area (Å²) in [6.45, 7) is 3.27. The molecule has 0 aliphatic heterocycles. The zero-order valence-electron chi connectivity index (χ0n) is 13.7. The van der Waals surface area contributed by atoms with E-state index >= 15 is 0 Å². The van der Waals surface area contributed by atoms with Crippen molar-refractivity contribution in [3.8, 4) is 5.75 Å². The van der Waals surface area contributed by atoms with Crippen LogP contribution in [0.1, 0.15) is 30.4 Å². The second kappa shape index (κ2) is 8.83. The van der Waals surface area contributed by atoms with Crippen LogP contribution in [0.25, 0.3) is 0 Å². The molecular formula is C19H24N2O2. The third-order valence-electron chi connectivity index (χ3n) is 3.86. The van der Waals surface area contributed by atoms with Gasteiger partial charge in [0.2, 0.25) is 0 Å². The first-order chi connectivity index (χ1) is 11.2. The molecule has 4 heteroatoms. The van der Waals surface area contributed by atoms with E-state index in [0.717, 1.165) is 17.7 Å². The zero-order chi connectivity index (χ0) is 16.5. The summed E-state index contributed by atoms with van der Waals surface area (Å²) in [5, 5.41) is 5.76. The number of para-hydroxylation sites is 1. The van der Waals surface area contributed by atoms with Gasteiger partial charge < -0.3 is 15.4 Å². The van der Waals surface area contributed by atoms with Crippen molar-refractivity contribution in [3.05, 3.63) is 65.7 Å². The third kappa shape index (κ3) is 5.33. The number of ether oxygens (including phenoxy) is 1. The minimum Gasteiger partial charge on any atom is -0.496 e. The van der Waals surface area contributed by atoms with Gasteiger partial charge in [-0.25, -0.2) is 4.79 Å². The minimum absolute atomic E-state index is 0.156. The van der Waals surface area contributed by atoms with E-state index in [0.29, 0.717) is 19.0 Å². The number of hydrogen-bond donors (Lipinski definition) is 2. The highest BCUT2D eigenvalue weighted by Crippen LogP contribution is 2.18. The summed E-state index contributed by atoms with van der Waals surface area (Å²) in [6.07, 6.45) is 0.909. The highest BCUT2D eigenvalue weighted by atomic mass is 16.5. The lowest BCUT2D eigenvalue weighted by Crippen LogP contribution is -2.36. The molecule has 2 aromatic carbocycles. The zero-order valence-corrected chi connectivity index (χ0v) is 13.7. The summed E-state index contributed by atoms with van der Waals surface area (Å²) in [5.41, 5.74) is 2.26. The number of hydrogen-bond acceptors (Lipinski definition) is 2. The van der Waals surface area contributed by atoms with Gasteiger partial charge in [0.15, 0.2) is 0 Å². The number of urea groups is 1. The molecule has 122 valence electrons. The molecule has 4 nitrogen and oxygen atoms in total. The summed E-state index contributed by atoms with van der Waals surface area (Å²) >= 11 is 0. The molecule has 2 rings (SSSR count). The van der Waals surface area contributed by atoms with Gasteiger partial charge in [-0.15, -0.1) is 0 Å². The monoisotopic (exact) mass is 312 g/mol. The average Bonchev–Trinajstić information content (AvgIpc) is 2.60. The normalized spacial score (nSPS) is 11.6. The average molecular weight is 312 g/mol. The van der Waals surface area contributed by atoms with Crippen molar-refractivity contribution in [2.45, 2.75) is 25.8 Å². The van der Waals surface area contributed by atoms with Crippen molar-refractivity contribution < 1.29 is 9.53 Å². The Kier molecular flexibility index (Phi) is 6.48. The van der Waals surface area contributed by atoms with E-state index in [4.69, 9.17) is 4.74 Å². The minimum atomic E-state index is -0.156. The number of amides is 2. The largest absolute Gasteiger partial charge is 0.496 e. The molecule has 0 spiro atoms. The maximum absolute atomic E-state index is 11.9. The number of carbonyl (C=O) groups excluding carboxylic acids is 1. The van der Waals surface area contributed by atoms with E-state index in [2.05, 4.69) is 29.7 Å². The predicted octanol–water partition coefficient (Wildman–Crippen LogP) is 3.69. The van der Waals surface area contributed by atoms with E-state index in [9.17, 15) is 4.79 Å². The van der Waals surface area contributed by atoms with E-state index in [1.807, 2.05) is 42.5 Å². The Hall–Kier alpha value is -2.49. The number of nitrogens with one attached hydrogen (secondary N) is 2. The highest BCUT2D eigenvalue weighted by Gasteiger charge is 2.07. The fraction of sp³-hybridized carbons (Fsp3) is 0.316. The van der Waals surface area contributed by atoms with Gasteiger partial charge in [-0.2, -0.15) is 0 Å². The van der Waals surface area contributed by atoms with E-state index < -0.39 is 0 Å². The smallest absolute Gasteiger partial charge is 0.315 e. The van der Waals surface area contributed by atoms with Crippen LogP contribution in [0.4, 0.5) is 4.79 Å². The summed E-state index contributed by atoms with van der Waals surface area (Å²) < 4.78 is 5.27. The third-order valence-corrected chi connectivity index (χ3v) is 3.86. The molecule has 0 aliphatic rings. The fourth-order valence-electron chi connectivity index (χ4n) is 2.44. The molecule has 2 N–H and O–H groups in total. The Labute approximate surface area is 137 Å². The van der Waals surface area contributed by atoms with Crippen LogP contribution in [0.5, 0.6) is 5.75 Å². The lowest BCUT2D eigenvalue weighted by molar-refractivity contribution is 0.240. The van der Waals surface area contributed by atoms with Crippen molar-refractivity contribution in [1.82, 2.24) is 10.6 Å². The standard InChI is InChI=1S/C19H24N2O2/c1-15(16-8-4-3-5-9-16)12-13-20-19(22)21-14-17-10-6-7-11-18(17)23-2/h3-11,15H,12-14H2,1-2H3,(H2,20,21,22). The molecule has 0 saturated heterocycles. The first-order valence-electron chi connectivity index (χ1n) is 7.89. The molecular weight excluding hydrogens is 288 g/mol. The van der Waals surface area contributed by atoms with Crippen molar-refractivity contribution in [1.29, 1.82) is 0 Å². The molecule has 0 fully saturated rings. The van der Waals surface area contributed by atoms with Gasteiger partial charge in [0.25, 0.3) is 0 Å². The SMILES string of the molecule is COc1ccccc1CNC(=O)NCCC(C)c1ccccc1. The molecule has 0 aliphatic carbocycles. The fourth-order valence-corrected chi connectivity index (χ4v) is 2.44. The van der Waals surface area contributed by atoms with Gasteiger partial charge in [0, 0.05) is 18.7 Å². The Morgan fingerprint density at radius 3 is 2.48 bits per heavy atom. The summed E-state index contributed by atoms with van der Waals surface area (Å²) in [6, 6.07) is 17.8. The van der Waals surface area contributed by atoms with Crippen LogP contribution in [-0.2, 0) is 6.54 Å². The van der Waals surface area contributed by atoms with Crippen LogP contribution in [0.3, 0.4) is 0 Å². The van der Waals surface area contributed by atoms with Gasteiger partial charge in [-0.05, 0) is 24.0 Å². The van der Waals surface area contributed by atoms with Crippen LogP contribution in [0.15, 0.2) is 54.6 Å². The topological polar surface area (TPSA) is 50.4 Å². The predicted molar refractivity (Wildman–Crippen MR) is 92.7 cm³/mol. The molecule has 0 radical (unpaired) electrons. The summed E-state index contributed by atoms with van der Waals surface area (Å²) in [7, 11) is 1.63. The molecule has 0 heterocycles. The Balaban J connectivity index is 1.71. The number of carbonyl (C=O) groups is 1. The molecule has 0 bridgehead atoms. The van der Waals surface area contributed by atoms with Crippen molar-refractivity contribution in [3.63, 3.8) is 0 Å². The van der Waals surface area contributed by atoms with Gasteiger partial charge >= 0.3 is 6.03 Å². The molecule has 2 amide bonds. The Morgan fingerprint density at radius 2 is 1.74 bits per heavy atom. The first kappa shape index (κ1) is 16.9. The maximum Gasteiger partial charge on any atom is 0.315 e. The molecule has 0 saturated carbocycles. The van der Waals surface area contributed by atoms with Crippen LogP contribution in [0.2, 0.25) is 0 Å². The number of methoxy groups -OCH3 is 1. The molecule has 1 unspecified atom stereocenters. The molecule has 1 atom stereocenters. The van der Waals surface area contributed by atoms with Crippen LogP contribution in [0, 0.1) is 0 Å². The van der Waals surface area contributed by atoms with E-state index in [-0.39, 0.29) is 6.03 Å². The Morgan fingerprint density at radius 1 is 1.04 bits per heavy atom. The lowest BCUT2D eigenvalue weighted by Gasteiger charge is -2.13. The highest BCUT2D eigenvalue weighted by molar-refractivity contribution is 5.73. The second-order valence-corrected chi connectivity index (χ2v) is 5.52. The van der Waals surface area contributed by atoms with Crippen LogP contribution >= 0.6 is 0 Å². The van der Waals surface area contributed by atoms with Crippen LogP contribution < -0.4 is 15.4 Å². The van der Waals surface area contributed by atoms with E-state index in [1.54, 1.807) is 7.11 Å². The maximum atomic E-state index is 11.9. The quantitative estimate of drug-likeness (QED) is 0.819. The second-order valence-electron chi connectivity index (χ2n) is 5.52. The number of rotatable bonds is 7. The molecule has 2 aromatic rings. The summed E-state index contributed by atoms with van der Waals surface area (Å²) in [4.78, 5) is 11.9. The first-order valence-corrected chi connectivity index (χ1v) is 7.89. The van der Waals surface area contributed by atoms with Gasteiger partial charge in [0.05, 0.1) is 7.11 Å². The van der Waals surface area contributed by atoms with Gasteiger partial charge in [-0.1, -0.05) is 55.5 Å². The summed E-state index contributed by atoms with van der Waals surface area (Å²) in [5.74, 6) is 1.20. The van der Waals surface area contributed by atoms with Crippen molar-refractivity contribution in [2.24, 2.45) is 0 Å². The van der Waals surface area contributed by atoms with Crippen molar-refractivity contribution in [2.75, 3.05) is 13.7 Å². The molecule has 0 aromatic heterocycles. The molecule has 23 heavy (non-hydrogen) atoms. The van der Waals surface area contributed by atoms with Gasteiger partial charge in [0.1, 0.15) is 5.75 Å².